The van der Waals surface area contributed by atoms with Gasteiger partial charge in [-0.3, -0.25) is 9.59 Å². The number of ether oxygens (including phenoxy) is 1. The van der Waals surface area contributed by atoms with Crippen LogP contribution in [0.2, 0.25) is 0 Å². The molecule has 6 heteroatoms. The van der Waals surface area contributed by atoms with E-state index in [4.69, 9.17) is 9.15 Å². The molecule has 4 rings (SSSR count). The molecule has 148 valence electrons. The zero-order valence-electron chi connectivity index (χ0n) is 16.3. The molecular formula is C21H28O6. The Balaban J connectivity index is 1.89. The van der Waals surface area contributed by atoms with Crippen LogP contribution in [0.15, 0.2) is 16.7 Å². The predicted molar refractivity (Wildman–Crippen MR) is 96.0 cm³/mol. The van der Waals surface area contributed by atoms with E-state index in [9.17, 15) is 19.8 Å². The number of esters is 1. The molecular weight excluding hydrogens is 348 g/mol. The van der Waals surface area contributed by atoms with Gasteiger partial charge in [0.05, 0.1) is 29.4 Å². The molecule has 6 atom stereocenters. The van der Waals surface area contributed by atoms with Crippen molar-refractivity contribution < 1.29 is 29.0 Å². The Morgan fingerprint density at radius 2 is 2.04 bits per heavy atom. The Kier molecular flexibility index (Phi) is 3.93. The number of carbonyl (C=O) groups excluding carboxylic acids is 2. The van der Waals surface area contributed by atoms with E-state index in [1.165, 1.54) is 13.2 Å². The minimum absolute atomic E-state index is 0.0916. The minimum Gasteiger partial charge on any atom is -0.469 e. The molecule has 0 unspecified atom stereocenters. The van der Waals surface area contributed by atoms with Crippen molar-refractivity contribution in [3.05, 3.63) is 23.7 Å². The maximum Gasteiger partial charge on any atom is 0.302 e. The van der Waals surface area contributed by atoms with Gasteiger partial charge in [-0.1, -0.05) is 20.8 Å². The maximum atomic E-state index is 13.1. The lowest BCUT2D eigenvalue weighted by Gasteiger charge is -2.67. The van der Waals surface area contributed by atoms with E-state index >= 15 is 0 Å². The van der Waals surface area contributed by atoms with Gasteiger partial charge in [0.15, 0.2) is 5.78 Å². The lowest BCUT2D eigenvalue weighted by Crippen LogP contribution is -2.74. The highest BCUT2D eigenvalue weighted by Gasteiger charge is 2.71. The van der Waals surface area contributed by atoms with Gasteiger partial charge in [-0.15, -0.1) is 0 Å². The molecule has 2 fully saturated rings. The lowest BCUT2D eigenvalue weighted by molar-refractivity contribution is -0.289. The second-order valence-corrected chi connectivity index (χ2v) is 9.39. The van der Waals surface area contributed by atoms with Gasteiger partial charge >= 0.3 is 5.97 Å². The number of aliphatic hydroxyl groups is 2. The van der Waals surface area contributed by atoms with Crippen LogP contribution in [-0.2, 0) is 16.0 Å². The molecule has 27 heavy (non-hydrogen) atoms. The van der Waals surface area contributed by atoms with E-state index in [1.54, 1.807) is 6.07 Å². The summed E-state index contributed by atoms with van der Waals surface area (Å²) in [7, 11) is 0. The minimum atomic E-state index is -1.27. The average Bonchev–Trinajstić information content (AvgIpc) is 3.03. The van der Waals surface area contributed by atoms with Crippen LogP contribution in [0.25, 0.3) is 0 Å². The summed E-state index contributed by atoms with van der Waals surface area (Å²) in [6.45, 7) is 7.27. The van der Waals surface area contributed by atoms with Crippen molar-refractivity contribution in [2.24, 2.45) is 22.7 Å². The third kappa shape index (κ3) is 2.26. The first kappa shape index (κ1) is 18.7. The second-order valence-electron chi connectivity index (χ2n) is 9.39. The third-order valence-electron chi connectivity index (χ3n) is 7.86. The number of hydrogen-bond acceptors (Lipinski definition) is 6. The molecule has 3 aliphatic rings. The highest BCUT2D eigenvalue weighted by molar-refractivity contribution is 6.00. The highest BCUT2D eigenvalue weighted by Crippen LogP contribution is 2.65. The standard InChI is InChI=1S/C21H28O6/c1-11(22)27-16-5-7-19(2,3)21(25)10-14(23)17-13(20(16,21)4)9-15-12(18(17)24)6-8-26-15/h6,8,13-14,16-17,23,25H,5,7,9-10H2,1-4H3/t13-,14-,16-,17-,20-,21-/m0/s1. The number of aliphatic hydroxyl groups excluding tert-OH is 1. The summed E-state index contributed by atoms with van der Waals surface area (Å²) in [5.41, 5.74) is -2.12. The van der Waals surface area contributed by atoms with Gasteiger partial charge < -0.3 is 19.4 Å². The van der Waals surface area contributed by atoms with Gasteiger partial charge in [0, 0.05) is 25.2 Å². The van der Waals surface area contributed by atoms with Gasteiger partial charge in [0.25, 0.3) is 0 Å². The van der Waals surface area contributed by atoms with E-state index in [0.29, 0.717) is 30.6 Å². The maximum absolute atomic E-state index is 13.1. The van der Waals surface area contributed by atoms with Crippen LogP contribution in [0.3, 0.4) is 0 Å². The van der Waals surface area contributed by atoms with Crippen LogP contribution in [0.5, 0.6) is 0 Å². The first-order chi connectivity index (χ1) is 12.5. The fourth-order valence-electron chi connectivity index (χ4n) is 6.28. The van der Waals surface area contributed by atoms with Crippen molar-refractivity contribution >= 4 is 11.8 Å². The molecule has 0 amide bonds. The van der Waals surface area contributed by atoms with Gasteiger partial charge in [-0.2, -0.15) is 0 Å². The molecule has 2 N–H and O–H groups in total. The monoisotopic (exact) mass is 376 g/mol. The summed E-state index contributed by atoms with van der Waals surface area (Å²) in [5, 5.41) is 22.9. The largest absolute Gasteiger partial charge is 0.469 e. The van der Waals surface area contributed by atoms with Gasteiger partial charge in [0.1, 0.15) is 11.9 Å². The summed E-state index contributed by atoms with van der Waals surface area (Å²) in [6, 6.07) is 1.65. The number of fused-ring (bicyclic) bond motifs is 4. The van der Waals surface area contributed by atoms with Gasteiger partial charge in [-0.25, -0.2) is 0 Å². The molecule has 6 nitrogen and oxygen atoms in total. The lowest BCUT2D eigenvalue weighted by atomic mass is 9.40. The first-order valence-electron chi connectivity index (χ1n) is 9.71. The molecule has 1 aromatic heterocycles. The number of Topliss-reactive ketones (excluding diaryl/α,β-unsaturated/α-hetero) is 1. The molecule has 1 heterocycles. The Morgan fingerprint density at radius 1 is 1.33 bits per heavy atom. The SMILES string of the molecule is CC(=O)O[C@H]1CCC(C)(C)[C@@]2(O)C[C@H](O)[C@H]3C(=O)c4ccoc4C[C@@H]3[C@@]12C. The molecule has 2 saturated carbocycles. The normalized spacial score (nSPS) is 42.7. The van der Waals surface area contributed by atoms with Crippen molar-refractivity contribution in [1.29, 1.82) is 0 Å². The molecule has 0 aliphatic heterocycles. The Labute approximate surface area is 158 Å². The van der Waals surface area contributed by atoms with E-state index in [1.807, 2.05) is 20.8 Å². The van der Waals surface area contributed by atoms with Gasteiger partial charge in [0.2, 0.25) is 0 Å². The van der Waals surface area contributed by atoms with Crippen molar-refractivity contribution in [3.8, 4) is 0 Å². The molecule has 0 radical (unpaired) electrons. The fraction of sp³-hybridized carbons (Fsp3) is 0.714. The second kappa shape index (κ2) is 5.67. The smallest absolute Gasteiger partial charge is 0.302 e. The molecule has 0 bridgehead atoms. The molecule has 0 aromatic carbocycles. The van der Waals surface area contributed by atoms with E-state index in [0.717, 1.165) is 0 Å². The topological polar surface area (TPSA) is 97.0 Å². The number of ketones is 1. The Bertz CT molecular complexity index is 794. The Hall–Kier alpha value is -1.66. The third-order valence-corrected chi connectivity index (χ3v) is 7.86. The summed E-state index contributed by atoms with van der Waals surface area (Å²) in [4.78, 5) is 24.9. The first-order valence-corrected chi connectivity index (χ1v) is 9.71. The summed E-state index contributed by atoms with van der Waals surface area (Å²) >= 11 is 0. The van der Waals surface area contributed by atoms with Crippen molar-refractivity contribution in [2.75, 3.05) is 0 Å². The van der Waals surface area contributed by atoms with E-state index < -0.39 is 40.5 Å². The van der Waals surface area contributed by atoms with Crippen LogP contribution in [0.1, 0.15) is 63.1 Å². The summed E-state index contributed by atoms with van der Waals surface area (Å²) in [6.07, 6.45) is 1.84. The average molecular weight is 376 g/mol. The summed E-state index contributed by atoms with van der Waals surface area (Å²) in [5.74, 6) is -0.958. The number of hydrogen-bond donors (Lipinski definition) is 2. The van der Waals surface area contributed by atoms with Crippen molar-refractivity contribution in [1.82, 2.24) is 0 Å². The van der Waals surface area contributed by atoms with E-state index in [-0.39, 0.29) is 18.1 Å². The van der Waals surface area contributed by atoms with Crippen LogP contribution < -0.4 is 0 Å². The number of carbonyl (C=O) groups is 2. The molecule has 0 spiro atoms. The number of rotatable bonds is 1. The molecule has 0 saturated heterocycles. The molecule has 3 aliphatic carbocycles. The number of furan rings is 1. The quantitative estimate of drug-likeness (QED) is 0.731. The fourth-order valence-corrected chi connectivity index (χ4v) is 6.28. The Morgan fingerprint density at radius 3 is 2.70 bits per heavy atom. The van der Waals surface area contributed by atoms with Crippen molar-refractivity contribution in [2.45, 2.75) is 71.2 Å². The zero-order chi connectivity index (χ0) is 19.8. The highest BCUT2D eigenvalue weighted by atomic mass is 16.5. The van der Waals surface area contributed by atoms with Crippen LogP contribution in [-0.4, -0.2) is 39.8 Å². The van der Waals surface area contributed by atoms with Crippen LogP contribution >= 0.6 is 0 Å². The summed E-state index contributed by atoms with van der Waals surface area (Å²) < 4.78 is 11.2. The van der Waals surface area contributed by atoms with E-state index in [2.05, 4.69) is 0 Å². The van der Waals surface area contributed by atoms with Crippen LogP contribution in [0, 0.1) is 22.7 Å². The zero-order valence-corrected chi connectivity index (χ0v) is 16.3. The van der Waals surface area contributed by atoms with Crippen molar-refractivity contribution in [3.63, 3.8) is 0 Å². The predicted octanol–water partition coefficient (Wildman–Crippen LogP) is 2.50. The van der Waals surface area contributed by atoms with Gasteiger partial charge in [-0.05, 0) is 30.2 Å². The van der Waals surface area contributed by atoms with Crippen LogP contribution in [0.4, 0.5) is 0 Å². The molecule has 1 aromatic rings.